The lowest BCUT2D eigenvalue weighted by atomic mass is 10.2. The molecule has 1 unspecified atom stereocenters. The van der Waals surface area contributed by atoms with Crippen molar-refractivity contribution < 1.29 is 9.00 Å². The van der Waals surface area contributed by atoms with Gasteiger partial charge >= 0.3 is 0 Å². The first-order valence-electron chi connectivity index (χ1n) is 5.56. The summed E-state index contributed by atoms with van der Waals surface area (Å²) in [6.45, 7) is 0. The maximum Gasteiger partial charge on any atom is 0.285 e. The lowest BCUT2D eigenvalue weighted by Gasteiger charge is -2.03. The summed E-state index contributed by atoms with van der Waals surface area (Å²) in [4.78, 5) is 12.5. The van der Waals surface area contributed by atoms with Crippen molar-refractivity contribution in [2.24, 2.45) is 4.36 Å². The molecule has 0 saturated heterocycles. The minimum atomic E-state index is -2.73. The Morgan fingerprint density at radius 2 is 1.63 bits per heavy atom. The normalized spacial score (nSPS) is 13.6. The molecule has 2 aromatic carbocycles. The summed E-state index contributed by atoms with van der Waals surface area (Å²) in [7, 11) is -2.73. The van der Waals surface area contributed by atoms with Gasteiger partial charge in [0.1, 0.15) is 0 Å². The molecular formula is C14H12ClNO2S. The van der Waals surface area contributed by atoms with Crippen LogP contribution in [0.5, 0.6) is 0 Å². The Labute approximate surface area is 117 Å². The third kappa shape index (κ3) is 3.43. The number of hydrogen-bond acceptors (Lipinski definition) is 2. The van der Waals surface area contributed by atoms with Crippen molar-refractivity contribution in [3.63, 3.8) is 0 Å². The standard InChI is InChI=1S/C14H12ClNO2S/c1-19(18,13-5-3-2-4-6-13)16-14(17)11-7-9-12(15)10-8-11/h2-10H,1H3. The fourth-order valence-electron chi connectivity index (χ4n) is 1.53. The van der Waals surface area contributed by atoms with Crippen molar-refractivity contribution in [1.82, 2.24) is 0 Å². The van der Waals surface area contributed by atoms with Crippen LogP contribution in [0.1, 0.15) is 10.4 Å². The molecule has 2 aromatic rings. The van der Waals surface area contributed by atoms with Crippen molar-refractivity contribution in [1.29, 1.82) is 0 Å². The van der Waals surface area contributed by atoms with E-state index in [0.29, 0.717) is 15.5 Å². The van der Waals surface area contributed by atoms with E-state index in [1.54, 1.807) is 48.5 Å². The molecule has 2 rings (SSSR count). The Balaban J connectivity index is 2.38. The Morgan fingerprint density at radius 3 is 2.21 bits per heavy atom. The summed E-state index contributed by atoms with van der Waals surface area (Å²) >= 11 is 5.75. The van der Waals surface area contributed by atoms with Crippen molar-refractivity contribution in [3.8, 4) is 0 Å². The predicted molar refractivity (Wildman–Crippen MR) is 77.0 cm³/mol. The highest BCUT2D eigenvalue weighted by molar-refractivity contribution is 7.93. The second kappa shape index (κ2) is 5.55. The molecule has 98 valence electrons. The molecule has 0 fully saturated rings. The van der Waals surface area contributed by atoms with Gasteiger partial charge in [0.15, 0.2) is 0 Å². The lowest BCUT2D eigenvalue weighted by Crippen LogP contribution is -2.03. The smallest absolute Gasteiger partial charge is 0.266 e. The highest BCUT2D eigenvalue weighted by atomic mass is 35.5. The van der Waals surface area contributed by atoms with Crippen LogP contribution in [0.2, 0.25) is 5.02 Å². The summed E-state index contributed by atoms with van der Waals surface area (Å²) in [5, 5.41) is 0.539. The van der Waals surface area contributed by atoms with Crippen LogP contribution in [-0.2, 0) is 9.73 Å². The molecule has 0 aromatic heterocycles. The lowest BCUT2D eigenvalue weighted by molar-refractivity contribution is 0.100. The minimum Gasteiger partial charge on any atom is -0.266 e. The van der Waals surface area contributed by atoms with Crippen LogP contribution in [0.3, 0.4) is 0 Å². The molecule has 0 aliphatic carbocycles. The SMILES string of the molecule is CS(=O)(=NC(=O)c1ccc(Cl)cc1)c1ccccc1. The maximum absolute atomic E-state index is 12.4. The van der Waals surface area contributed by atoms with E-state index in [4.69, 9.17) is 11.6 Å². The largest absolute Gasteiger partial charge is 0.285 e. The molecule has 1 atom stereocenters. The number of benzene rings is 2. The molecule has 3 nitrogen and oxygen atoms in total. The molecule has 0 aliphatic rings. The topological polar surface area (TPSA) is 46.5 Å². The fraction of sp³-hybridized carbons (Fsp3) is 0.0714. The van der Waals surface area contributed by atoms with Crippen LogP contribution < -0.4 is 0 Å². The van der Waals surface area contributed by atoms with Crippen LogP contribution in [-0.4, -0.2) is 16.4 Å². The Morgan fingerprint density at radius 1 is 1.05 bits per heavy atom. The van der Waals surface area contributed by atoms with Gasteiger partial charge in [0.05, 0.1) is 9.73 Å². The maximum atomic E-state index is 12.4. The molecule has 1 amide bonds. The fourth-order valence-corrected chi connectivity index (χ4v) is 2.84. The van der Waals surface area contributed by atoms with E-state index in [0.717, 1.165) is 0 Å². The van der Waals surface area contributed by atoms with Crippen molar-refractivity contribution >= 4 is 27.2 Å². The molecule has 0 saturated carbocycles. The average Bonchev–Trinajstić information content (AvgIpc) is 2.40. The van der Waals surface area contributed by atoms with Gasteiger partial charge in [-0.1, -0.05) is 29.8 Å². The first kappa shape index (κ1) is 13.8. The Bertz CT molecular complexity index is 702. The zero-order valence-corrected chi connectivity index (χ0v) is 11.8. The first-order chi connectivity index (χ1) is 8.99. The highest BCUT2D eigenvalue weighted by Gasteiger charge is 2.10. The molecule has 0 bridgehead atoms. The van der Waals surface area contributed by atoms with Gasteiger partial charge in [-0.3, -0.25) is 4.79 Å². The monoisotopic (exact) mass is 293 g/mol. The highest BCUT2D eigenvalue weighted by Crippen LogP contribution is 2.14. The molecular weight excluding hydrogens is 282 g/mol. The summed E-state index contributed by atoms with van der Waals surface area (Å²) in [6, 6.07) is 15.1. The van der Waals surface area contributed by atoms with Crippen molar-refractivity contribution in [3.05, 3.63) is 65.2 Å². The van der Waals surface area contributed by atoms with Crippen molar-refractivity contribution in [2.75, 3.05) is 6.26 Å². The van der Waals surface area contributed by atoms with Crippen LogP contribution in [0.4, 0.5) is 0 Å². The van der Waals surface area contributed by atoms with Gasteiger partial charge in [-0.25, -0.2) is 4.21 Å². The van der Waals surface area contributed by atoms with Gasteiger partial charge in [-0.05, 0) is 36.4 Å². The van der Waals surface area contributed by atoms with Crippen LogP contribution in [0.25, 0.3) is 0 Å². The van der Waals surface area contributed by atoms with Gasteiger partial charge in [-0.15, -0.1) is 0 Å². The number of carbonyl (C=O) groups is 1. The summed E-state index contributed by atoms with van der Waals surface area (Å²) < 4.78 is 16.2. The third-order valence-electron chi connectivity index (χ3n) is 2.53. The number of halogens is 1. The summed E-state index contributed by atoms with van der Waals surface area (Å²) in [5.74, 6) is -0.506. The number of amides is 1. The zero-order chi connectivity index (χ0) is 13.9. The molecule has 0 radical (unpaired) electrons. The zero-order valence-electron chi connectivity index (χ0n) is 10.2. The molecule has 0 N–H and O–H groups in total. The second-order valence-electron chi connectivity index (χ2n) is 4.02. The van der Waals surface area contributed by atoms with Gasteiger partial charge in [-0.2, -0.15) is 4.36 Å². The number of nitrogens with zero attached hydrogens (tertiary/aromatic N) is 1. The second-order valence-corrected chi connectivity index (χ2v) is 6.71. The van der Waals surface area contributed by atoms with Gasteiger partial charge in [0, 0.05) is 21.7 Å². The third-order valence-corrected chi connectivity index (χ3v) is 4.44. The van der Waals surface area contributed by atoms with E-state index >= 15 is 0 Å². The molecule has 5 heteroatoms. The number of rotatable bonds is 2. The van der Waals surface area contributed by atoms with E-state index in [2.05, 4.69) is 4.36 Å². The Hall–Kier alpha value is -1.65. The quantitative estimate of drug-likeness (QED) is 0.848. The van der Waals surface area contributed by atoms with Crippen LogP contribution in [0, 0.1) is 0 Å². The summed E-state index contributed by atoms with van der Waals surface area (Å²) in [6.07, 6.45) is 1.45. The summed E-state index contributed by atoms with van der Waals surface area (Å²) in [5.41, 5.74) is 0.370. The molecule has 0 heterocycles. The van der Waals surface area contributed by atoms with Crippen LogP contribution >= 0.6 is 11.6 Å². The molecule has 0 aliphatic heterocycles. The Kier molecular flexibility index (Phi) is 4.02. The predicted octanol–water partition coefficient (Wildman–Crippen LogP) is 3.64. The molecule has 0 spiro atoms. The van der Waals surface area contributed by atoms with Gasteiger partial charge in [0.2, 0.25) is 0 Å². The van der Waals surface area contributed by atoms with E-state index in [1.165, 1.54) is 6.26 Å². The van der Waals surface area contributed by atoms with Crippen molar-refractivity contribution in [2.45, 2.75) is 4.90 Å². The first-order valence-corrected chi connectivity index (χ1v) is 7.86. The number of carbonyl (C=O) groups excluding carboxylic acids is 1. The molecule has 19 heavy (non-hydrogen) atoms. The van der Waals surface area contributed by atoms with E-state index < -0.39 is 15.6 Å². The van der Waals surface area contributed by atoms with Gasteiger partial charge in [0.25, 0.3) is 5.91 Å². The average molecular weight is 294 g/mol. The van der Waals surface area contributed by atoms with E-state index in [-0.39, 0.29) is 0 Å². The van der Waals surface area contributed by atoms with Gasteiger partial charge < -0.3 is 0 Å². The van der Waals surface area contributed by atoms with Crippen LogP contribution in [0.15, 0.2) is 63.9 Å². The van der Waals surface area contributed by atoms with E-state index in [1.807, 2.05) is 6.07 Å². The number of hydrogen-bond donors (Lipinski definition) is 0. The van der Waals surface area contributed by atoms with E-state index in [9.17, 15) is 9.00 Å². The minimum absolute atomic E-state index is 0.370.